The molecule has 20 heavy (non-hydrogen) atoms. The van der Waals surface area contributed by atoms with Gasteiger partial charge in [-0.3, -0.25) is 0 Å². The third-order valence-corrected chi connectivity index (χ3v) is 6.61. The summed E-state index contributed by atoms with van der Waals surface area (Å²) in [5.74, 6) is 0. The van der Waals surface area contributed by atoms with Crippen LogP contribution in [-0.4, -0.2) is 49.5 Å². The van der Waals surface area contributed by atoms with E-state index in [4.69, 9.17) is 4.74 Å². The highest BCUT2D eigenvalue weighted by Crippen LogP contribution is 2.42. The molecule has 0 N–H and O–H groups in total. The predicted octanol–water partition coefficient (Wildman–Crippen LogP) is 4.35. The van der Waals surface area contributed by atoms with E-state index in [9.17, 15) is 13.2 Å². The molecule has 0 spiro atoms. The van der Waals surface area contributed by atoms with Crippen molar-refractivity contribution in [3.63, 3.8) is 0 Å². The molecule has 1 unspecified atom stereocenters. The van der Waals surface area contributed by atoms with Gasteiger partial charge in [-0.2, -0.15) is 13.2 Å². The van der Waals surface area contributed by atoms with E-state index in [0.717, 1.165) is 10.9 Å². The average Bonchev–Trinajstić information content (AvgIpc) is 2.47. The number of allylic oxidation sites excluding steroid dienone is 1. The molecule has 0 saturated heterocycles. The Morgan fingerprint density at radius 3 is 2.30 bits per heavy atom. The van der Waals surface area contributed by atoms with E-state index in [-0.39, 0.29) is 11.3 Å². The van der Waals surface area contributed by atoms with E-state index in [2.05, 4.69) is 51.5 Å². The molecule has 0 amide bonds. The molecule has 0 aliphatic carbocycles. The molecular weight excluding hydrogens is 421 g/mol. The molecule has 1 atom stereocenters. The summed E-state index contributed by atoms with van der Waals surface area (Å²) in [6, 6.07) is 0.926. The standard InChI is InChI=1S/C11H19Br2F3N2OSi/c1-17-9(12)8(11(14,15)16)18(10(17)13)7-19-5-6-20(2,3)4/h10H,5-7H2,1-4H3. The van der Waals surface area contributed by atoms with Crippen LogP contribution in [0.25, 0.3) is 0 Å². The van der Waals surface area contributed by atoms with Gasteiger partial charge in [0.05, 0.1) is 0 Å². The highest BCUT2D eigenvalue weighted by Gasteiger charge is 2.48. The Kier molecular flexibility index (Phi) is 6.02. The van der Waals surface area contributed by atoms with Crippen molar-refractivity contribution in [2.24, 2.45) is 0 Å². The third kappa shape index (κ3) is 4.64. The summed E-state index contributed by atoms with van der Waals surface area (Å²) in [7, 11) is 0.340. The second-order valence-electron chi connectivity index (χ2n) is 5.88. The van der Waals surface area contributed by atoms with Crippen LogP contribution in [-0.2, 0) is 4.74 Å². The van der Waals surface area contributed by atoms with Crippen LogP contribution in [0.15, 0.2) is 10.3 Å². The van der Waals surface area contributed by atoms with Gasteiger partial charge in [0.25, 0.3) is 0 Å². The Hall–Kier alpha value is 0.267. The highest BCUT2D eigenvalue weighted by molar-refractivity contribution is 9.12. The molecule has 1 aliphatic rings. The van der Waals surface area contributed by atoms with E-state index in [1.165, 1.54) is 4.90 Å². The van der Waals surface area contributed by atoms with Crippen LogP contribution < -0.4 is 0 Å². The van der Waals surface area contributed by atoms with Crippen molar-refractivity contribution in [1.29, 1.82) is 0 Å². The molecule has 0 aromatic heterocycles. The topological polar surface area (TPSA) is 15.7 Å². The molecule has 0 fully saturated rings. The van der Waals surface area contributed by atoms with Gasteiger partial charge in [0.2, 0.25) is 0 Å². The SMILES string of the molecule is CN1C(Br)=C(C(F)(F)F)N(COCC[Si](C)(C)C)C1Br. The summed E-state index contributed by atoms with van der Waals surface area (Å²) in [5.41, 5.74) is -0.713. The highest BCUT2D eigenvalue weighted by atomic mass is 79.9. The van der Waals surface area contributed by atoms with Gasteiger partial charge in [0.1, 0.15) is 11.3 Å². The molecule has 0 radical (unpaired) electrons. The Bertz CT molecular complexity index is 385. The smallest absolute Gasteiger partial charge is 0.361 e. The Morgan fingerprint density at radius 2 is 1.85 bits per heavy atom. The Morgan fingerprint density at radius 1 is 1.30 bits per heavy atom. The molecule has 1 aliphatic heterocycles. The van der Waals surface area contributed by atoms with E-state index in [1.54, 1.807) is 7.05 Å². The predicted molar refractivity (Wildman–Crippen MR) is 83.3 cm³/mol. The van der Waals surface area contributed by atoms with Crippen molar-refractivity contribution in [2.45, 2.75) is 36.9 Å². The van der Waals surface area contributed by atoms with Crippen LogP contribution in [0, 0.1) is 0 Å². The molecule has 9 heteroatoms. The zero-order chi connectivity index (χ0) is 15.7. The number of ether oxygens (including phenoxy) is 1. The largest absolute Gasteiger partial charge is 0.433 e. The molecule has 0 aromatic carbocycles. The number of nitrogens with zero attached hydrogens (tertiary/aromatic N) is 2. The Labute approximate surface area is 135 Å². The second-order valence-corrected chi connectivity index (χ2v) is 13.1. The maximum Gasteiger partial charge on any atom is 0.433 e. The average molecular weight is 440 g/mol. The lowest BCUT2D eigenvalue weighted by molar-refractivity contribution is -0.119. The monoisotopic (exact) mass is 438 g/mol. The fourth-order valence-corrected chi connectivity index (χ4v) is 3.85. The molecule has 0 saturated carbocycles. The molecular formula is C11H19Br2F3N2OSi. The normalized spacial score (nSPS) is 21.1. The van der Waals surface area contributed by atoms with Crippen molar-refractivity contribution in [2.75, 3.05) is 20.4 Å². The van der Waals surface area contributed by atoms with Gasteiger partial charge in [0, 0.05) is 21.7 Å². The van der Waals surface area contributed by atoms with E-state index >= 15 is 0 Å². The minimum Gasteiger partial charge on any atom is -0.361 e. The van der Waals surface area contributed by atoms with Gasteiger partial charge in [-0.15, -0.1) is 0 Å². The van der Waals surface area contributed by atoms with Crippen LogP contribution in [0.2, 0.25) is 25.7 Å². The summed E-state index contributed by atoms with van der Waals surface area (Å²) in [6.45, 7) is 6.99. The first-order valence-corrected chi connectivity index (χ1v) is 11.5. The lowest BCUT2D eigenvalue weighted by Crippen LogP contribution is -2.38. The minimum atomic E-state index is -4.42. The summed E-state index contributed by atoms with van der Waals surface area (Å²) >= 11 is 6.24. The molecule has 1 rings (SSSR count). The number of hydrogen-bond acceptors (Lipinski definition) is 3. The maximum absolute atomic E-state index is 13.1. The zero-order valence-electron chi connectivity index (χ0n) is 11.9. The van der Waals surface area contributed by atoms with Crippen molar-refractivity contribution < 1.29 is 17.9 Å². The van der Waals surface area contributed by atoms with E-state index < -0.39 is 25.0 Å². The van der Waals surface area contributed by atoms with Crippen molar-refractivity contribution in [1.82, 2.24) is 9.80 Å². The van der Waals surface area contributed by atoms with Crippen molar-refractivity contribution in [3.8, 4) is 0 Å². The minimum absolute atomic E-state index is 0.0145. The maximum atomic E-state index is 13.1. The number of halogens is 5. The van der Waals surface area contributed by atoms with E-state index in [1.807, 2.05) is 0 Å². The van der Waals surface area contributed by atoms with Crippen molar-refractivity contribution in [3.05, 3.63) is 10.3 Å². The van der Waals surface area contributed by atoms with E-state index in [0.29, 0.717) is 6.61 Å². The lowest BCUT2D eigenvalue weighted by Gasteiger charge is -2.28. The third-order valence-electron chi connectivity index (χ3n) is 2.86. The molecule has 0 bridgehead atoms. The fourth-order valence-electron chi connectivity index (χ4n) is 1.64. The van der Waals surface area contributed by atoms with Crippen molar-refractivity contribution >= 4 is 39.9 Å². The second kappa shape index (κ2) is 6.58. The van der Waals surface area contributed by atoms with Crippen LogP contribution in [0.1, 0.15) is 0 Å². The van der Waals surface area contributed by atoms with Gasteiger partial charge < -0.3 is 14.5 Å². The molecule has 118 valence electrons. The number of alkyl halides is 4. The summed E-state index contributed by atoms with van der Waals surface area (Å²) in [6.07, 6.45) is -4.42. The van der Waals surface area contributed by atoms with Gasteiger partial charge in [-0.1, -0.05) is 19.6 Å². The van der Waals surface area contributed by atoms with Gasteiger partial charge in [0.15, 0.2) is 10.8 Å². The number of rotatable bonds is 5. The first-order valence-electron chi connectivity index (χ1n) is 6.13. The first-order chi connectivity index (χ1) is 8.95. The first kappa shape index (κ1) is 18.3. The lowest BCUT2D eigenvalue weighted by atomic mass is 10.4. The summed E-state index contributed by atoms with van der Waals surface area (Å²) in [4.78, 5) is 2.62. The number of hydrogen-bond donors (Lipinski definition) is 0. The fraction of sp³-hybridized carbons (Fsp3) is 0.818. The van der Waals surface area contributed by atoms with Crippen LogP contribution in [0.3, 0.4) is 0 Å². The van der Waals surface area contributed by atoms with Gasteiger partial charge >= 0.3 is 6.18 Å². The quantitative estimate of drug-likeness (QED) is 0.274. The zero-order valence-corrected chi connectivity index (χ0v) is 16.1. The molecule has 0 aromatic rings. The summed E-state index contributed by atoms with van der Waals surface area (Å²) < 4.78 is 44.7. The molecule has 1 heterocycles. The van der Waals surface area contributed by atoms with Gasteiger partial charge in [-0.05, 0) is 37.9 Å². The van der Waals surface area contributed by atoms with Gasteiger partial charge in [-0.25, -0.2) is 0 Å². The van der Waals surface area contributed by atoms with Crippen LogP contribution in [0.5, 0.6) is 0 Å². The molecule has 3 nitrogen and oxygen atoms in total. The summed E-state index contributed by atoms with van der Waals surface area (Å²) in [5, 5.41) is -0.569. The van der Waals surface area contributed by atoms with Crippen LogP contribution >= 0.6 is 31.9 Å². The van der Waals surface area contributed by atoms with Crippen LogP contribution in [0.4, 0.5) is 13.2 Å². The Balaban J connectivity index is 2.68.